The molecule has 0 bridgehead atoms. The van der Waals surface area contributed by atoms with Crippen LogP contribution in [0.1, 0.15) is 27.6 Å². The fraction of sp³-hybridized carbons (Fsp3) is 0.0625. The smallest absolute Gasteiger partial charge is 0.347 e. The molecule has 0 fully saturated rings. The fourth-order valence-corrected chi connectivity index (χ4v) is 2.44. The number of aldehydes is 1. The Morgan fingerprint density at radius 3 is 2.32 bits per heavy atom. The van der Waals surface area contributed by atoms with Crippen LogP contribution in [0.25, 0.3) is 0 Å². The van der Waals surface area contributed by atoms with Crippen LogP contribution in [0.2, 0.25) is 0 Å². The number of carbonyl (C=O) groups excluding carboxylic acids is 3. The number of benzene rings is 2. The minimum Gasteiger partial charge on any atom is -0.426 e. The van der Waals surface area contributed by atoms with Crippen molar-refractivity contribution < 1.29 is 32.3 Å². The van der Waals surface area contributed by atoms with Crippen molar-refractivity contribution in [2.45, 2.75) is 11.8 Å². The molecule has 2 rings (SSSR count). The highest BCUT2D eigenvalue weighted by Crippen LogP contribution is 2.25. The number of sulfonamides is 1. The molecule has 0 radical (unpaired) electrons. The van der Waals surface area contributed by atoms with Gasteiger partial charge in [0.2, 0.25) is 10.0 Å². The minimum atomic E-state index is -4.06. The second-order valence-corrected chi connectivity index (χ2v) is 6.40. The standard InChI is InChI=1S/C16H13NO7S/c1-10(19)23-15-8-12(25(17,21)22)6-7-13(15)16(20)24-14-5-3-2-4-11(14)9-18/h2-9H,1H3,(H2,17,21,22). The number of rotatable bonds is 5. The van der Waals surface area contributed by atoms with Crippen molar-refractivity contribution >= 4 is 28.2 Å². The number of hydrogen-bond donors (Lipinski definition) is 1. The highest BCUT2D eigenvalue weighted by atomic mass is 32.2. The molecule has 0 aliphatic heterocycles. The summed E-state index contributed by atoms with van der Waals surface area (Å²) in [5.74, 6) is -2.03. The molecule has 2 N–H and O–H groups in total. The molecule has 0 spiro atoms. The van der Waals surface area contributed by atoms with Gasteiger partial charge < -0.3 is 9.47 Å². The Labute approximate surface area is 143 Å². The largest absolute Gasteiger partial charge is 0.426 e. The van der Waals surface area contributed by atoms with Crippen molar-refractivity contribution in [3.8, 4) is 11.5 Å². The zero-order valence-electron chi connectivity index (χ0n) is 13.0. The number of ether oxygens (including phenoxy) is 2. The van der Waals surface area contributed by atoms with Gasteiger partial charge in [0.25, 0.3) is 0 Å². The maximum absolute atomic E-state index is 12.3. The van der Waals surface area contributed by atoms with E-state index in [4.69, 9.17) is 14.6 Å². The zero-order valence-corrected chi connectivity index (χ0v) is 13.8. The lowest BCUT2D eigenvalue weighted by Gasteiger charge is -2.11. The second-order valence-electron chi connectivity index (χ2n) is 4.84. The monoisotopic (exact) mass is 363 g/mol. The summed E-state index contributed by atoms with van der Waals surface area (Å²) in [5, 5.41) is 5.02. The molecule has 0 aliphatic carbocycles. The maximum atomic E-state index is 12.3. The van der Waals surface area contributed by atoms with Gasteiger partial charge in [-0.1, -0.05) is 12.1 Å². The number of nitrogens with two attached hydrogens (primary N) is 1. The predicted molar refractivity (Wildman–Crippen MR) is 85.9 cm³/mol. The van der Waals surface area contributed by atoms with Crippen LogP contribution in [0.15, 0.2) is 47.4 Å². The molecule has 0 unspecified atom stereocenters. The summed E-state index contributed by atoms with van der Waals surface area (Å²) in [5.41, 5.74) is -0.0608. The number of para-hydroxylation sites is 1. The van der Waals surface area contributed by atoms with Gasteiger partial charge in [-0.2, -0.15) is 0 Å². The Hall–Kier alpha value is -3.04. The number of hydrogen-bond acceptors (Lipinski definition) is 7. The topological polar surface area (TPSA) is 130 Å². The summed E-state index contributed by atoms with van der Waals surface area (Å²) in [6.45, 7) is 1.08. The number of carbonyl (C=O) groups is 3. The van der Waals surface area contributed by atoms with E-state index >= 15 is 0 Å². The van der Waals surface area contributed by atoms with Gasteiger partial charge in [0.05, 0.1) is 10.5 Å². The molecular formula is C16H13NO7S. The molecule has 130 valence electrons. The van der Waals surface area contributed by atoms with Crippen molar-refractivity contribution in [2.75, 3.05) is 0 Å². The highest BCUT2D eigenvalue weighted by molar-refractivity contribution is 7.89. The van der Waals surface area contributed by atoms with Gasteiger partial charge in [0, 0.05) is 13.0 Å². The molecule has 8 nitrogen and oxygen atoms in total. The first-order chi connectivity index (χ1) is 11.7. The lowest BCUT2D eigenvalue weighted by Crippen LogP contribution is -2.16. The SMILES string of the molecule is CC(=O)Oc1cc(S(N)(=O)=O)ccc1C(=O)Oc1ccccc1C=O. The highest BCUT2D eigenvalue weighted by Gasteiger charge is 2.20. The van der Waals surface area contributed by atoms with Crippen LogP contribution >= 0.6 is 0 Å². The van der Waals surface area contributed by atoms with Gasteiger partial charge in [-0.05, 0) is 24.3 Å². The third-order valence-corrected chi connectivity index (χ3v) is 3.91. The van der Waals surface area contributed by atoms with E-state index in [1.54, 1.807) is 12.1 Å². The predicted octanol–water partition coefficient (Wildman–Crippen LogP) is 1.29. The van der Waals surface area contributed by atoms with E-state index in [9.17, 15) is 22.8 Å². The van der Waals surface area contributed by atoms with Gasteiger partial charge in [-0.15, -0.1) is 0 Å². The van der Waals surface area contributed by atoms with Gasteiger partial charge in [0.15, 0.2) is 6.29 Å². The van der Waals surface area contributed by atoms with E-state index in [2.05, 4.69) is 0 Å². The summed E-state index contributed by atoms with van der Waals surface area (Å²) in [7, 11) is -4.06. The third-order valence-electron chi connectivity index (χ3n) is 3.00. The van der Waals surface area contributed by atoms with Crippen molar-refractivity contribution in [1.82, 2.24) is 0 Å². The first kappa shape index (κ1) is 18.3. The van der Waals surface area contributed by atoms with Gasteiger partial charge in [0.1, 0.15) is 17.1 Å². The minimum absolute atomic E-state index is 0.00629. The molecule has 0 amide bonds. The van der Waals surface area contributed by atoms with Gasteiger partial charge in [-0.25, -0.2) is 18.4 Å². The molecule has 2 aromatic carbocycles. The summed E-state index contributed by atoms with van der Waals surface area (Å²) >= 11 is 0. The molecule has 0 aromatic heterocycles. The van der Waals surface area contributed by atoms with E-state index in [1.807, 2.05) is 0 Å². The number of esters is 2. The van der Waals surface area contributed by atoms with E-state index in [-0.39, 0.29) is 27.5 Å². The summed E-state index contributed by atoms with van der Waals surface area (Å²) in [6.07, 6.45) is 0.514. The van der Waals surface area contributed by atoms with E-state index < -0.39 is 22.0 Å². The molecule has 0 saturated heterocycles. The van der Waals surface area contributed by atoms with Crippen LogP contribution in [0.3, 0.4) is 0 Å². The fourth-order valence-electron chi connectivity index (χ4n) is 1.91. The molecule has 9 heteroatoms. The summed E-state index contributed by atoms with van der Waals surface area (Å²) in [6, 6.07) is 9.13. The van der Waals surface area contributed by atoms with Crippen molar-refractivity contribution in [3.05, 3.63) is 53.6 Å². The first-order valence-corrected chi connectivity index (χ1v) is 8.38. The lowest BCUT2D eigenvalue weighted by molar-refractivity contribution is -0.131. The van der Waals surface area contributed by atoms with E-state index in [0.717, 1.165) is 25.1 Å². The van der Waals surface area contributed by atoms with E-state index in [1.165, 1.54) is 12.1 Å². The van der Waals surface area contributed by atoms with Gasteiger partial charge in [-0.3, -0.25) is 9.59 Å². The van der Waals surface area contributed by atoms with Crippen molar-refractivity contribution in [1.29, 1.82) is 0 Å². The average Bonchev–Trinajstić information content (AvgIpc) is 2.53. The van der Waals surface area contributed by atoms with Crippen LogP contribution in [0.5, 0.6) is 11.5 Å². The van der Waals surface area contributed by atoms with Crippen LogP contribution < -0.4 is 14.6 Å². The van der Waals surface area contributed by atoms with Crippen LogP contribution in [-0.2, 0) is 14.8 Å². The molecule has 2 aromatic rings. The van der Waals surface area contributed by atoms with Crippen LogP contribution in [0, 0.1) is 0 Å². The lowest BCUT2D eigenvalue weighted by atomic mass is 10.2. The Bertz CT molecular complexity index is 951. The Morgan fingerprint density at radius 1 is 1.04 bits per heavy atom. The van der Waals surface area contributed by atoms with Crippen LogP contribution in [-0.4, -0.2) is 26.6 Å². The van der Waals surface area contributed by atoms with Crippen molar-refractivity contribution in [2.24, 2.45) is 5.14 Å². The quantitative estimate of drug-likeness (QED) is 0.481. The number of primary sulfonamides is 1. The van der Waals surface area contributed by atoms with Crippen LogP contribution in [0.4, 0.5) is 0 Å². The third kappa shape index (κ3) is 4.49. The molecular weight excluding hydrogens is 350 g/mol. The Balaban J connectivity index is 2.44. The summed E-state index contributed by atoms with van der Waals surface area (Å²) < 4.78 is 32.8. The molecule has 0 aliphatic rings. The Kier molecular flexibility index (Phi) is 5.30. The Morgan fingerprint density at radius 2 is 1.72 bits per heavy atom. The van der Waals surface area contributed by atoms with Gasteiger partial charge >= 0.3 is 11.9 Å². The second kappa shape index (κ2) is 7.24. The van der Waals surface area contributed by atoms with Crippen molar-refractivity contribution in [3.63, 3.8) is 0 Å². The van der Waals surface area contributed by atoms with E-state index in [0.29, 0.717) is 6.29 Å². The molecule has 0 saturated carbocycles. The first-order valence-electron chi connectivity index (χ1n) is 6.84. The summed E-state index contributed by atoms with van der Waals surface area (Å²) in [4.78, 5) is 34.2. The molecule has 25 heavy (non-hydrogen) atoms. The normalized spacial score (nSPS) is 10.8. The average molecular weight is 363 g/mol. The molecule has 0 atom stereocenters. The zero-order chi connectivity index (χ0) is 18.6. The maximum Gasteiger partial charge on any atom is 0.347 e. The molecule has 0 heterocycles.